The van der Waals surface area contributed by atoms with Crippen molar-refractivity contribution < 1.29 is 13.2 Å². The number of hydrogen-bond acceptors (Lipinski definition) is 6. The van der Waals surface area contributed by atoms with E-state index in [0.717, 1.165) is 16.5 Å². The summed E-state index contributed by atoms with van der Waals surface area (Å²) in [6.45, 7) is 0.644. The Balaban J connectivity index is 1.92. The Morgan fingerprint density at radius 1 is 1.43 bits per heavy atom. The number of pyridine rings is 1. The van der Waals surface area contributed by atoms with Crippen molar-refractivity contribution in [3.63, 3.8) is 0 Å². The van der Waals surface area contributed by atoms with Crippen molar-refractivity contribution in [2.45, 2.75) is 6.42 Å². The van der Waals surface area contributed by atoms with Crippen molar-refractivity contribution in [1.29, 1.82) is 0 Å². The molecule has 21 heavy (non-hydrogen) atoms. The van der Waals surface area contributed by atoms with Crippen LogP contribution in [0.25, 0.3) is 10.2 Å². The SMILES string of the molecule is CS(=O)(=O)NCCCNC(=O)c1sc2ncccc2c1N. The molecule has 0 atom stereocenters. The molecule has 0 aliphatic carbocycles. The number of hydrogen-bond donors (Lipinski definition) is 3. The minimum Gasteiger partial charge on any atom is -0.397 e. The molecule has 0 radical (unpaired) electrons. The summed E-state index contributed by atoms with van der Waals surface area (Å²) in [5.41, 5.74) is 6.37. The van der Waals surface area contributed by atoms with E-state index in [4.69, 9.17) is 5.73 Å². The highest BCUT2D eigenvalue weighted by Gasteiger charge is 2.16. The van der Waals surface area contributed by atoms with Crippen LogP contribution in [-0.2, 0) is 10.0 Å². The summed E-state index contributed by atoms with van der Waals surface area (Å²) < 4.78 is 24.1. The molecule has 9 heteroatoms. The molecule has 1 amide bonds. The van der Waals surface area contributed by atoms with Crippen molar-refractivity contribution in [3.8, 4) is 0 Å². The fourth-order valence-corrected chi connectivity index (χ4v) is 3.24. The third-order valence-electron chi connectivity index (χ3n) is 2.71. The maximum Gasteiger partial charge on any atom is 0.263 e. The highest BCUT2D eigenvalue weighted by molar-refractivity contribution is 7.88. The maximum absolute atomic E-state index is 12.0. The number of anilines is 1. The van der Waals surface area contributed by atoms with Crippen molar-refractivity contribution in [2.75, 3.05) is 25.1 Å². The lowest BCUT2D eigenvalue weighted by Crippen LogP contribution is -2.29. The number of aromatic nitrogens is 1. The molecule has 2 rings (SSSR count). The Labute approximate surface area is 126 Å². The van der Waals surface area contributed by atoms with Crippen molar-refractivity contribution in [1.82, 2.24) is 15.0 Å². The van der Waals surface area contributed by atoms with E-state index in [2.05, 4.69) is 15.0 Å². The van der Waals surface area contributed by atoms with Crippen molar-refractivity contribution >= 4 is 43.2 Å². The molecule has 2 heterocycles. The number of nitrogens with one attached hydrogen (secondary N) is 2. The van der Waals surface area contributed by atoms with Gasteiger partial charge in [0.25, 0.3) is 5.91 Å². The van der Waals surface area contributed by atoms with Crippen LogP contribution in [0.3, 0.4) is 0 Å². The summed E-state index contributed by atoms with van der Waals surface area (Å²) in [7, 11) is -3.19. The van der Waals surface area contributed by atoms with Gasteiger partial charge >= 0.3 is 0 Å². The average molecular weight is 328 g/mol. The lowest BCUT2D eigenvalue weighted by molar-refractivity contribution is 0.0958. The fraction of sp³-hybridized carbons (Fsp3) is 0.333. The van der Waals surface area contributed by atoms with E-state index in [9.17, 15) is 13.2 Å². The second kappa shape index (κ2) is 6.37. The van der Waals surface area contributed by atoms with Crippen molar-refractivity contribution in [3.05, 3.63) is 23.2 Å². The molecule has 0 saturated heterocycles. The number of nitrogen functional groups attached to an aromatic ring is 1. The number of fused-ring (bicyclic) bond motifs is 1. The van der Waals surface area contributed by atoms with E-state index in [1.807, 2.05) is 6.07 Å². The van der Waals surface area contributed by atoms with E-state index in [1.54, 1.807) is 12.3 Å². The van der Waals surface area contributed by atoms with Crippen LogP contribution in [0.15, 0.2) is 18.3 Å². The van der Waals surface area contributed by atoms with Crippen LogP contribution in [0.4, 0.5) is 5.69 Å². The van der Waals surface area contributed by atoms with Gasteiger partial charge in [0.15, 0.2) is 0 Å². The van der Waals surface area contributed by atoms with Gasteiger partial charge in [-0.05, 0) is 18.6 Å². The van der Waals surface area contributed by atoms with Gasteiger partial charge in [0, 0.05) is 24.7 Å². The number of nitrogens with two attached hydrogens (primary N) is 1. The first-order valence-corrected chi connectivity index (χ1v) is 8.95. The van der Waals surface area contributed by atoms with Crippen LogP contribution in [0, 0.1) is 0 Å². The third kappa shape index (κ3) is 4.13. The monoisotopic (exact) mass is 328 g/mol. The molecule has 0 unspecified atom stereocenters. The standard InChI is InChI=1S/C12H16N4O3S2/c1-21(18,19)16-7-3-6-14-11(17)10-9(13)8-4-2-5-15-12(8)20-10/h2,4-5,16H,3,6-7,13H2,1H3,(H,14,17). The number of thiophene rings is 1. The predicted octanol–water partition coefficient (Wildman–Crippen LogP) is 0.548. The van der Waals surface area contributed by atoms with Crippen LogP contribution in [0.5, 0.6) is 0 Å². The van der Waals surface area contributed by atoms with Gasteiger partial charge in [0.05, 0.1) is 11.9 Å². The van der Waals surface area contributed by atoms with Crippen LogP contribution < -0.4 is 15.8 Å². The summed E-state index contributed by atoms with van der Waals surface area (Å²) in [5.74, 6) is -0.269. The van der Waals surface area contributed by atoms with E-state index < -0.39 is 10.0 Å². The molecule has 0 saturated carbocycles. The smallest absolute Gasteiger partial charge is 0.263 e. The summed E-state index contributed by atoms with van der Waals surface area (Å²) in [6.07, 6.45) is 3.25. The number of nitrogens with zero attached hydrogens (tertiary/aromatic N) is 1. The molecule has 114 valence electrons. The zero-order valence-electron chi connectivity index (χ0n) is 11.4. The number of carbonyl (C=O) groups is 1. The zero-order valence-corrected chi connectivity index (χ0v) is 13.1. The minimum atomic E-state index is -3.19. The van der Waals surface area contributed by atoms with Gasteiger partial charge in [0.1, 0.15) is 9.71 Å². The molecule has 4 N–H and O–H groups in total. The molecular weight excluding hydrogens is 312 g/mol. The first kappa shape index (κ1) is 15.7. The second-order valence-electron chi connectivity index (χ2n) is 4.48. The zero-order chi connectivity index (χ0) is 15.5. The molecule has 0 spiro atoms. The Morgan fingerprint density at radius 2 is 2.19 bits per heavy atom. The first-order chi connectivity index (χ1) is 9.88. The number of carbonyl (C=O) groups excluding carboxylic acids is 1. The topological polar surface area (TPSA) is 114 Å². The van der Waals surface area contributed by atoms with E-state index >= 15 is 0 Å². The van der Waals surface area contributed by atoms with Crippen LogP contribution >= 0.6 is 11.3 Å². The summed E-state index contributed by atoms with van der Waals surface area (Å²) in [4.78, 5) is 17.4. The van der Waals surface area contributed by atoms with Crippen LogP contribution in [-0.4, -0.2) is 38.7 Å². The van der Waals surface area contributed by atoms with Crippen LogP contribution in [0.2, 0.25) is 0 Å². The predicted molar refractivity (Wildman–Crippen MR) is 83.8 cm³/mol. The Morgan fingerprint density at radius 3 is 2.86 bits per heavy atom. The molecule has 2 aromatic heterocycles. The summed E-state index contributed by atoms with van der Waals surface area (Å²) >= 11 is 1.24. The van der Waals surface area contributed by atoms with Gasteiger partial charge in [-0.3, -0.25) is 4.79 Å². The fourth-order valence-electron chi connectivity index (χ4n) is 1.75. The molecule has 0 bridgehead atoms. The average Bonchev–Trinajstić information content (AvgIpc) is 2.75. The number of amides is 1. The Hall–Kier alpha value is -1.71. The van der Waals surface area contributed by atoms with Gasteiger partial charge in [-0.1, -0.05) is 0 Å². The second-order valence-corrected chi connectivity index (χ2v) is 7.31. The van der Waals surface area contributed by atoms with E-state index in [1.165, 1.54) is 11.3 Å². The van der Waals surface area contributed by atoms with Gasteiger partial charge in [-0.15, -0.1) is 11.3 Å². The summed E-state index contributed by atoms with van der Waals surface area (Å²) in [6, 6.07) is 3.59. The highest BCUT2D eigenvalue weighted by Crippen LogP contribution is 2.31. The molecule has 0 aliphatic rings. The highest BCUT2D eigenvalue weighted by atomic mass is 32.2. The van der Waals surface area contributed by atoms with Crippen molar-refractivity contribution in [2.24, 2.45) is 0 Å². The largest absolute Gasteiger partial charge is 0.397 e. The maximum atomic E-state index is 12.0. The van der Waals surface area contributed by atoms with Gasteiger partial charge in [-0.2, -0.15) is 0 Å². The van der Waals surface area contributed by atoms with Crippen LogP contribution in [0.1, 0.15) is 16.1 Å². The van der Waals surface area contributed by atoms with E-state index in [0.29, 0.717) is 23.5 Å². The molecule has 0 aromatic carbocycles. The minimum absolute atomic E-state index is 0.269. The molecule has 2 aromatic rings. The number of rotatable bonds is 6. The first-order valence-electron chi connectivity index (χ1n) is 6.24. The normalized spacial score (nSPS) is 11.7. The van der Waals surface area contributed by atoms with Gasteiger partial charge < -0.3 is 11.1 Å². The Kier molecular flexibility index (Phi) is 4.76. The molecular formula is C12H16N4O3S2. The Bertz CT molecular complexity index is 755. The molecule has 7 nitrogen and oxygen atoms in total. The van der Waals surface area contributed by atoms with Gasteiger partial charge in [0.2, 0.25) is 10.0 Å². The quantitative estimate of drug-likeness (QED) is 0.670. The van der Waals surface area contributed by atoms with E-state index in [-0.39, 0.29) is 12.5 Å². The lowest BCUT2D eigenvalue weighted by Gasteiger charge is -2.05. The summed E-state index contributed by atoms with van der Waals surface area (Å²) in [5, 5.41) is 3.49. The lowest BCUT2D eigenvalue weighted by atomic mass is 10.2. The molecule has 0 fully saturated rings. The third-order valence-corrected chi connectivity index (χ3v) is 4.57. The number of sulfonamides is 1. The molecule has 0 aliphatic heterocycles. The van der Waals surface area contributed by atoms with Gasteiger partial charge in [-0.25, -0.2) is 18.1 Å².